The van der Waals surface area contributed by atoms with Gasteiger partial charge in [0.15, 0.2) is 10.9 Å². The van der Waals surface area contributed by atoms with Crippen molar-refractivity contribution in [2.75, 3.05) is 10.6 Å². The number of hydrogen-bond donors (Lipinski definition) is 3. The van der Waals surface area contributed by atoms with Crippen LogP contribution >= 0.6 is 23.4 Å². The van der Waals surface area contributed by atoms with E-state index in [0.29, 0.717) is 28.4 Å². The Morgan fingerprint density at radius 1 is 1.12 bits per heavy atom. The van der Waals surface area contributed by atoms with Crippen LogP contribution in [0.2, 0.25) is 5.02 Å². The molecule has 2 amide bonds. The number of H-pyrrole nitrogens is 1. The van der Waals surface area contributed by atoms with Crippen LogP contribution in [0, 0.1) is 13.8 Å². The number of thioether (sulfide) groups is 1. The fourth-order valence-corrected chi connectivity index (χ4v) is 3.87. The predicted molar refractivity (Wildman–Crippen MR) is 132 cm³/mol. The van der Waals surface area contributed by atoms with E-state index in [2.05, 4.69) is 25.8 Å². The highest BCUT2D eigenvalue weighted by Gasteiger charge is 2.19. The number of halogens is 1. The topological polar surface area (TPSA) is 117 Å². The maximum absolute atomic E-state index is 12.8. The predicted octanol–water partition coefficient (Wildman–Crippen LogP) is 4.57. The molecule has 8 nitrogen and oxygen atoms in total. The number of aromatic nitrogens is 3. The van der Waals surface area contributed by atoms with Crippen molar-refractivity contribution in [2.45, 2.75) is 44.5 Å². The molecular weight excluding hydrogens is 462 g/mol. The summed E-state index contributed by atoms with van der Waals surface area (Å²) in [6, 6.07) is 10.6. The lowest BCUT2D eigenvalue weighted by molar-refractivity contribution is -0.116. The van der Waals surface area contributed by atoms with Crippen LogP contribution in [0.1, 0.15) is 31.4 Å². The zero-order chi connectivity index (χ0) is 24.1. The molecule has 2 aromatic carbocycles. The molecule has 10 heteroatoms. The highest BCUT2D eigenvalue weighted by molar-refractivity contribution is 8.00. The summed E-state index contributed by atoms with van der Waals surface area (Å²) >= 11 is 7.19. The van der Waals surface area contributed by atoms with Crippen LogP contribution in [0.4, 0.5) is 11.4 Å². The van der Waals surface area contributed by atoms with Gasteiger partial charge in [-0.05, 0) is 50.6 Å². The summed E-state index contributed by atoms with van der Waals surface area (Å²) < 4.78 is 0. The van der Waals surface area contributed by atoms with Crippen LogP contribution in [-0.4, -0.2) is 32.2 Å². The average Bonchev–Trinajstić information content (AvgIpc) is 2.78. The van der Waals surface area contributed by atoms with Gasteiger partial charge in [-0.3, -0.25) is 19.4 Å². The number of aromatic amines is 1. The quantitative estimate of drug-likeness (QED) is 0.422. The number of hydrogen-bond acceptors (Lipinski definition) is 6. The normalized spacial score (nSPS) is 11.7. The van der Waals surface area contributed by atoms with Crippen LogP contribution in [0.5, 0.6) is 0 Å². The van der Waals surface area contributed by atoms with E-state index in [4.69, 9.17) is 11.6 Å². The van der Waals surface area contributed by atoms with Gasteiger partial charge in [-0.15, -0.1) is 10.2 Å². The van der Waals surface area contributed by atoms with Crippen molar-refractivity contribution in [3.63, 3.8) is 0 Å². The Morgan fingerprint density at radius 3 is 2.58 bits per heavy atom. The average molecular weight is 486 g/mol. The molecule has 3 rings (SSSR count). The Kier molecular flexibility index (Phi) is 7.88. The van der Waals surface area contributed by atoms with Crippen molar-refractivity contribution in [1.82, 2.24) is 15.2 Å². The highest BCUT2D eigenvalue weighted by atomic mass is 35.5. The molecule has 1 unspecified atom stereocenters. The van der Waals surface area contributed by atoms with Crippen LogP contribution in [-0.2, 0) is 9.59 Å². The minimum Gasteiger partial charge on any atom is -0.325 e. The van der Waals surface area contributed by atoms with Gasteiger partial charge in [0, 0.05) is 22.7 Å². The summed E-state index contributed by atoms with van der Waals surface area (Å²) in [6.45, 7) is 7.14. The van der Waals surface area contributed by atoms with Crippen LogP contribution in [0.15, 0.2) is 46.3 Å². The number of carbonyl (C=O) groups is 2. The van der Waals surface area contributed by atoms with E-state index in [9.17, 15) is 14.4 Å². The first-order valence-corrected chi connectivity index (χ1v) is 11.6. The molecule has 0 spiro atoms. The van der Waals surface area contributed by atoms with Crippen LogP contribution in [0.25, 0.3) is 11.3 Å². The van der Waals surface area contributed by atoms with Crippen LogP contribution < -0.4 is 16.2 Å². The third-order valence-electron chi connectivity index (χ3n) is 4.88. The molecule has 0 bridgehead atoms. The first kappa shape index (κ1) is 24.5. The third kappa shape index (κ3) is 6.00. The van der Waals surface area contributed by atoms with E-state index in [1.807, 2.05) is 19.9 Å². The molecule has 0 aliphatic carbocycles. The molecule has 0 radical (unpaired) electrons. The van der Waals surface area contributed by atoms with Gasteiger partial charge >= 0.3 is 0 Å². The molecule has 0 fully saturated rings. The number of rotatable bonds is 7. The van der Waals surface area contributed by atoms with Crippen molar-refractivity contribution < 1.29 is 9.59 Å². The number of benzene rings is 2. The summed E-state index contributed by atoms with van der Waals surface area (Å²) in [6.07, 6.45) is 0.305. The number of nitrogens with zero attached hydrogens (tertiary/aromatic N) is 2. The maximum atomic E-state index is 12.8. The molecular formula is C23H24ClN5O3S. The minimum atomic E-state index is -0.558. The SMILES string of the molecule is CCC(=O)Nc1ccc(C)cc1-c1nnc(SC(C)C(=O)Nc2cccc(Cl)c2C)[nH]c1=O. The lowest BCUT2D eigenvalue weighted by Gasteiger charge is -2.14. The molecule has 1 heterocycles. The number of carbonyl (C=O) groups excluding carboxylic acids is 2. The third-order valence-corrected chi connectivity index (χ3v) is 6.27. The second-order valence-corrected chi connectivity index (χ2v) is 9.16. The van der Waals surface area contributed by atoms with Crippen molar-refractivity contribution in [3.05, 3.63) is 62.9 Å². The Balaban J connectivity index is 1.79. The molecule has 172 valence electrons. The Bertz CT molecular complexity index is 1260. The van der Waals surface area contributed by atoms with Gasteiger partial charge in [0.1, 0.15) is 0 Å². The largest absolute Gasteiger partial charge is 0.325 e. The van der Waals surface area contributed by atoms with E-state index >= 15 is 0 Å². The highest BCUT2D eigenvalue weighted by Crippen LogP contribution is 2.27. The smallest absolute Gasteiger partial charge is 0.278 e. The summed E-state index contributed by atoms with van der Waals surface area (Å²) in [5.74, 6) is -0.438. The first-order chi connectivity index (χ1) is 15.7. The number of amides is 2. The Morgan fingerprint density at radius 2 is 1.88 bits per heavy atom. The lowest BCUT2D eigenvalue weighted by Crippen LogP contribution is -2.24. The summed E-state index contributed by atoms with van der Waals surface area (Å²) in [5, 5.41) is 14.0. The summed E-state index contributed by atoms with van der Waals surface area (Å²) in [7, 11) is 0. The second kappa shape index (κ2) is 10.6. The second-order valence-electron chi connectivity index (χ2n) is 7.42. The molecule has 1 atom stereocenters. The van der Waals surface area contributed by atoms with E-state index in [-0.39, 0.29) is 22.7 Å². The molecule has 0 saturated carbocycles. The van der Waals surface area contributed by atoms with Crippen molar-refractivity contribution in [2.24, 2.45) is 0 Å². The first-order valence-electron chi connectivity index (χ1n) is 10.3. The standard InChI is InChI=1S/C23H24ClN5O3S/c1-5-19(30)25-18-10-9-12(2)11-15(18)20-22(32)27-23(29-28-20)33-14(4)21(31)26-17-8-6-7-16(24)13(17)3/h6-11,14H,5H2,1-4H3,(H,25,30)(H,26,31)(H,27,29,32). The molecule has 3 aromatic rings. The number of nitrogens with one attached hydrogen (secondary N) is 3. The van der Waals surface area contributed by atoms with Gasteiger partial charge in [-0.2, -0.15) is 0 Å². The van der Waals surface area contributed by atoms with Crippen molar-refractivity contribution >= 4 is 46.6 Å². The monoisotopic (exact) mass is 485 g/mol. The maximum Gasteiger partial charge on any atom is 0.278 e. The number of anilines is 2. The van der Waals surface area contributed by atoms with Crippen LogP contribution in [0.3, 0.4) is 0 Å². The summed E-state index contributed by atoms with van der Waals surface area (Å²) in [5.41, 5.74) is 2.87. The number of aryl methyl sites for hydroxylation is 1. The van der Waals surface area contributed by atoms with Gasteiger partial charge in [-0.25, -0.2) is 0 Å². The lowest BCUT2D eigenvalue weighted by atomic mass is 10.1. The van der Waals surface area contributed by atoms with E-state index in [0.717, 1.165) is 22.9 Å². The molecule has 0 aliphatic rings. The van der Waals surface area contributed by atoms with Crippen molar-refractivity contribution in [1.29, 1.82) is 0 Å². The fraction of sp³-hybridized carbons (Fsp3) is 0.261. The fourth-order valence-electron chi connectivity index (χ4n) is 2.95. The van der Waals surface area contributed by atoms with E-state index in [1.165, 1.54) is 0 Å². The van der Waals surface area contributed by atoms with E-state index < -0.39 is 10.8 Å². The zero-order valence-corrected chi connectivity index (χ0v) is 20.2. The molecule has 0 aliphatic heterocycles. The molecule has 3 N–H and O–H groups in total. The molecule has 0 saturated heterocycles. The van der Waals surface area contributed by atoms with E-state index in [1.54, 1.807) is 44.2 Å². The Labute approximate surface area is 200 Å². The minimum absolute atomic E-state index is 0.0844. The van der Waals surface area contributed by atoms with Gasteiger partial charge in [-0.1, -0.05) is 48.0 Å². The van der Waals surface area contributed by atoms with Gasteiger partial charge in [0.05, 0.1) is 10.9 Å². The zero-order valence-electron chi connectivity index (χ0n) is 18.7. The van der Waals surface area contributed by atoms with Gasteiger partial charge in [0.2, 0.25) is 11.8 Å². The van der Waals surface area contributed by atoms with Gasteiger partial charge in [0.25, 0.3) is 5.56 Å². The van der Waals surface area contributed by atoms with Crippen molar-refractivity contribution in [3.8, 4) is 11.3 Å². The summed E-state index contributed by atoms with van der Waals surface area (Å²) in [4.78, 5) is 39.9. The molecule has 33 heavy (non-hydrogen) atoms. The van der Waals surface area contributed by atoms with Gasteiger partial charge < -0.3 is 10.6 Å². The Hall–Kier alpha value is -3.17. The molecule has 1 aromatic heterocycles.